The van der Waals surface area contributed by atoms with Gasteiger partial charge in [0.05, 0.1) is 13.2 Å². The highest BCUT2D eigenvalue weighted by atomic mass is 32.5. The van der Waals surface area contributed by atoms with Gasteiger partial charge in [-0.2, -0.15) is 0 Å². The van der Waals surface area contributed by atoms with Crippen LogP contribution in [0.15, 0.2) is 24.3 Å². The van der Waals surface area contributed by atoms with Crippen LogP contribution in [-0.2, 0) is 21.2 Å². The zero-order valence-corrected chi connectivity index (χ0v) is 12.5. The van der Waals surface area contributed by atoms with Crippen LogP contribution in [0.2, 0.25) is 0 Å². The van der Waals surface area contributed by atoms with E-state index in [-0.39, 0.29) is 17.4 Å². The molecule has 0 heterocycles. The molecule has 1 aromatic rings. The summed E-state index contributed by atoms with van der Waals surface area (Å²) in [7, 11) is 1.39. The number of carboxylic acids is 1. The predicted octanol–water partition coefficient (Wildman–Crippen LogP) is 2.56. The molecular formula is C11H16NO5PS. The van der Waals surface area contributed by atoms with Gasteiger partial charge in [0.2, 0.25) is 0 Å². The maximum Gasteiger partial charge on any atom is 0.339 e. The van der Waals surface area contributed by atoms with Gasteiger partial charge in [0, 0.05) is 0 Å². The van der Waals surface area contributed by atoms with Gasteiger partial charge in [-0.15, -0.1) is 5.25 Å². The summed E-state index contributed by atoms with van der Waals surface area (Å²) in [5.41, 5.74) is 0.0157. The van der Waals surface area contributed by atoms with Crippen LogP contribution in [0.4, 0.5) is 0 Å². The largest absolute Gasteiger partial charge is 0.478 e. The average molecular weight is 305 g/mol. The second kappa shape index (κ2) is 6.98. The molecule has 1 unspecified atom stereocenters. The monoisotopic (exact) mass is 305 g/mol. The van der Waals surface area contributed by atoms with E-state index < -0.39 is 12.6 Å². The number of rotatable bonds is 7. The summed E-state index contributed by atoms with van der Waals surface area (Å²) in [4.78, 5) is 15.9. The summed E-state index contributed by atoms with van der Waals surface area (Å²) < 4.78 is 11.0. The Balaban J connectivity index is 3.03. The molecule has 1 atom stereocenters. The van der Waals surface area contributed by atoms with E-state index in [1.54, 1.807) is 26.0 Å². The van der Waals surface area contributed by atoms with E-state index in [9.17, 15) is 4.79 Å². The summed E-state index contributed by atoms with van der Waals surface area (Å²) in [6, 6.07) is 6.21. The van der Waals surface area contributed by atoms with Crippen molar-refractivity contribution in [3.8, 4) is 5.75 Å². The van der Waals surface area contributed by atoms with Crippen LogP contribution >= 0.6 is 6.64 Å². The molecule has 0 fully saturated rings. The molecule has 0 aliphatic rings. The number of hydrogen-bond acceptors (Lipinski definition) is 5. The molecule has 0 saturated heterocycles. The first kappa shape index (κ1) is 16.1. The maximum atomic E-state index is 11.1. The van der Waals surface area contributed by atoms with Crippen molar-refractivity contribution >= 4 is 24.4 Å². The first-order chi connectivity index (χ1) is 8.88. The minimum absolute atomic E-state index is 0.0157. The summed E-state index contributed by atoms with van der Waals surface area (Å²) in [5.74, 6) is -0.956. The minimum Gasteiger partial charge on any atom is -0.478 e. The van der Waals surface area contributed by atoms with Crippen molar-refractivity contribution in [2.45, 2.75) is 20.0 Å². The van der Waals surface area contributed by atoms with Crippen LogP contribution in [0, 0.1) is 0 Å². The van der Waals surface area contributed by atoms with Gasteiger partial charge in [-0.05, 0) is 37.8 Å². The standard InChI is InChI=1S/C11H16NO5PS/c1-8(2)16-18(19,12-15-3)17-10-7-5-4-6-9(10)11(13)14/h4-8H,1-3H3,(H,12,19)(H,13,14). The first-order valence-corrected chi connectivity index (χ1v) is 8.12. The van der Waals surface area contributed by atoms with Crippen LogP contribution in [0.1, 0.15) is 24.2 Å². The van der Waals surface area contributed by atoms with Crippen LogP contribution in [0.25, 0.3) is 0 Å². The Labute approximate surface area is 116 Å². The van der Waals surface area contributed by atoms with Crippen molar-refractivity contribution in [1.29, 1.82) is 0 Å². The Morgan fingerprint density at radius 1 is 1.42 bits per heavy atom. The van der Waals surface area contributed by atoms with Crippen molar-refractivity contribution in [2.24, 2.45) is 0 Å². The fraction of sp³-hybridized carbons (Fsp3) is 0.364. The fourth-order valence-electron chi connectivity index (χ4n) is 1.30. The number of nitrogens with one attached hydrogen (secondary N) is 1. The number of para-hydroxylation sites is 1. The fourth-order valence-corrected chi connectivity index (χ4v) is 3.60. The van der Waals surface area contributed by atoms with Crippen molar-refractivity contribution in [3.05, 3.63) is 29.8 Å². The van der Waals surface area contributed by atoms with Gasteiger partial charge in [0.25, 0.3) is 0 Å². The second-order valence-corrected chi connectivity index (χ2v) is 6.85. The minimum atomic E-state index is -2.97. The van der Waals surface area contributed by atoms with Crippen LogP contribution in [0.3, 0.4) is 0 Å². The van der Waals surface area contributed by atoms with E-state index in [0.29, 0.717) is 0 Å². The first-order valence-electron chi connectivity index (χ1n) is 5.48. The molecule has 106 valence electrons. The van der Waals surface area contributed by atoms with Gasteiger partial charge in [-0.25, -0.2) is 4.79 Å². The molecule has 1 aromatic carbocycles. The van der Waals surface area contributed by atoms with Crippen molar-refractivity contribution in [2.75, 3.05) is 7.11 Å². The predicted molar refractivity (Wildman–Crippen MR) is 74.7 cm³/mol. The van der Waals surface area contributed by atoms with Gasteiger partial charge < -0.3 is 14.2 Å². The molecule has 1 rings (SSSR count). The van der Waals surface area contributed by atoms with Gasteiger partial charge in [-0.1, -0.05) is 12.1 Å². The third kappa shape index (κ3) is 4.89. The van der Waals surface area contributed by atoms with E-state index in [1.807, 2.05) is 0 Å². The molecule has 0 aliphatic heterocycles. The lowest BCUT2D eigenvalue weighted by Gasteiger charge is -2.24. The van der Waals surface area contributed by atoms with E-state index >= 15 is 0 Å². The molecule has 6 nitrogen and oxygen atoms in total. The highest BCUT2D eigenvalue weighted by Crippen LogP contribution is 2.46. The van der Waals surface area contributed by atoms with Crippen molar-refractivity contribution < 1.29 is 23.8 Å². The average Bonchev–Trinajstić information content (AvgIpc) is 2.27. The molecule has 0 amide bonds. The molecule has 0 bridgehead atoms. The third-order valence-electron chi connectivity index (χ3n) is 1.89. The SMILES string of the molecule is CONP(=S)(Oc1ccccc1C(=O)O)OC(C)C. The Bertz CT molecular complexity index is 494. The lowest BCUT2D eigenvalue weighted by atomic mass is 10.2. The summed E-state index contributed by atoms with van der Waals surface area (Å²) in [6.45, 7) is 0.627. The van der Waals surface area contributed by atoms with Crippen LogP contribution in [0.5, 0.6) is 5.75 Å². The van der Waals surface area contributed by atoms with E-state index in [4.69, 9.17) is 30.8 Å². The Hall–Kier alpha value is -0.980. The molecule has 2 N–H and O–H groups in total. The smallest absolute Gasteiger partial charge is 0.339 e. The highest BCUT2D eigenvalue weighted by molar-refractivity contribution is 8.09. The normalized spacial score (nSPS) is 14.1. The maximum absolute atomic E-state index is 11.1. The summed E-state index contributed by atoms with van der Waals surface area (Å²) in [6.07, 6.45) is -0.189. The van der Waals surface area contributed by atoms with E-state index in [0.717, 1.165) is 0 Å². The molecule has 19 heavy (non-hydrogen) atoms. The van der Waals surface area contributed by atoms with E-state index in [2.05, 4.69) is 5.25 Å². The molecule has 8 heteroatoms. The molecule has 0 aliphatic carbocycles. The lowest BCUT2D eigenvalue weighted by Crippen LogP contribution is -2.18. The molecule has 0 spiro atoms. The number of hydrogen-bond donors (Lipinski definition) is 2. The van der Waals surface area contributed by atoms with Gasteiger partial charge in [0.15, 0.2) is 0 Å². The Kier molecular flexibility index (Phi) is 5.90. The zero-order chi connectivity index (χ0) is 14.5. The highest BCUT2D eigenvalue weighted by Gasteiger charge is 2.25. The van der Waals surface area contributed by atoms with Crippen LogP contribution in [-0.4, -0.2) is 24.3 Å². The van der Waals surface area contributed by atoms with Gasteiger partial charge >= 0.3 is 12.6 Å². The number of aromatic carboxylic acids is 1. The lowest BCUT2D eigenvalue weighted by molar-refractivity contribution is 0.0694. The quantitative estimate of drug-likeness (QED) is 0.592. The number of carboxylic acid groups (broad SMARTS) is 1. The second-order valence-electron chi connectivity index (χ2n) is 3.84. The molecule has 0 radical (unpaired) electrons. The van der Waals surface area contributed by atoms with Crippen LogP contribution < -0.4 is 9.77 Å². The third-order valence-corrected chi connectivity index (χ3v) is 4.14. The molecule has 0 aromatic heterocycles. The van der Waals surface area contributed by atoms with Crippen molar-refractivity contribution in [1.82, 2.24) is 5.25 Å². The Morgan fingerprint density at radius 3 is 2.58 bits per heavy atom. The molecular weight excluding hydrogens is 289 g/mol. The van der Waals surface area contributed by atoms with Crippen molar-refractivity contribution in [3.63, 3.8) is 0 Å². The zero-order valence-electron chi connectivity index (χ0n) is 10.8. The number of carbonyl (C=O) groups is 1. The van der Waals surface area contributed by atoms with Gasteiger partial charge in [0.1, 0.15) is 11.3 Å². The molecule has 0 saturated carbocycles. The Morgan fingerprint density at radius 2 is 2.05 bits per heavy atom. The van der Waals surface area contributed by atoms with Gasteiger partial charge in [-0.3, -0.25) is 4.84 Å². The number of benzene rings is 1. The summed E-state index contributed by atoms with van der Waals surface area (Å²) in [5, 5.41) is 11.6. The summed E-state index contributed by atoms with van der Waals surface area (Å²) >= 11 is 5.24. The topological polar surface area (TPSA) is 77.0 Å². The van der Waals surface area contributed by atoms with E-state index in [1.165, 1.54) is 19.2 Å².